The second kappa shape index (κ2) is 12.9. The first-order valence-electron chi connectivity index (χ1n) is 14.5. The van der Waals surface area contributed by atoms with E-state index in [1.165, 1.54) is 34.0 Å². The van der Waals surface area contributed by atoms with Gasteiger partial charge in [0.15, 0.2) is 5.11 Å². The van der Waals surface area contributed by atoms with Crippen molar-refractivity contribution in [3.8, 4) is 11.4 Å². The Balaban J connectivity index is 1.30. The van der Waals surface area contributed by atoms with Crippen LogP contribution < -0.4 is 20.4 Å². The first-order chi connectivity index (χ1) is 21.7. The molecule has 0 spiro atoms. The Kier molecular flexibility index (Phi) is 9.15. The highest BCUT2D eigenvalue weighted by Crippen LogP contribution is 2.34. The number of hydrazone groups is 1. The maximum absolute atomic E-state index is 15.4. The molecule has 0 saturated heterocycles. The first-order valence-corrected chi connectivity index (χ1v) is 14.9. The van der Waals surface area contributed by atoms with E-state index in [9.17, 15) is 18.0 Å². The average Bonchev–Trinajstić information content (AvgIpc) is 3.25. The number of fused-ring (bicyclic) bond motifs is 1. The van der Waals surface area contributed by atoms with Gasteiger partial charge in [0.2, 0.25) is 0 Å². The van der Waals surface area contributed by atoms with Crippen LogP contribution in [0.15, 0.2) is 59.7 Å². The lowest BCUT2D eigenvalue weighted by molar-refractivity contribution is -0.274. The number of carbonyl (C=O) groups is 1. The van der Waals surface area contributed by atoms with Gasteiger partial charge in [-0.1, -0.05) is 32.0 Å². The molecule has 13 heteroatoms. The Morgan fingerprint density at radius 3 is 2.54 bits per heavy atom. The van der Waals surface area contributed by atoms with E-state index in [1.807, 2.05) is 19.1 Å². The third-order valence-electron chi connectivity index (χ3n) is 7.57. The molecular weight excluding hydrogens is 620 g/mol. The first kappa shape index (κ1) is 32.6. The monoisotopic (exact) mass is 652 g/mol. The topological polar surface area (TPSA) is 83.8 Å². The zero-order valence-corrected chi connectivity index (χ0v) is 26.6. The predicted molar refractivity (Wildman–Crippen MR) is 174 cm³/mol. The number of rotatable bonds is 7. The second-order valence-electron chi connectivity index (χ2n) is 11.3. The minimum Gasteiger partial charge on any atom is -0.406 e. The summed E-state index contributed by atoms with van der Waals surface area (Å²) in [5, 5.41) is 12.1. The minimum absolute atomic E-state index is 0.175. The molecule has 0 atom stereocenters. The molecule has 2 N–H and O–H groups in total. The number of ether oxygens (including phenoxy) is 1. The summed E-state index contributed by atoms with van der Waals surface area (Å²) >= 11 is 5.39. The lowest BCUT2D eigenvalue weighted by Gasteiger charge is -2.29. The molecule has 0 saturated carbocycles. The Morgan fingerprint density at radius 2 is 1.85 bits per heavy atom. The molecule has 1 aliphatic rings. The van der Waals surface area contributed by atoms with E-state index in [0.717, 1.165) is 22.9 Å². The van der Waals surface area contributed by atoms with Gasteiger partial charge in [0.05, 0.1) is 23.3 Å². The van der Waals surface area contributed by atoms with Crippen molar-refractivity contribution in [2.75, 3.05) is 16.8 Å². The Hall–Kier alpha value is -4.78. The van der Waals surface area contributed by atoms with Crippen LogP contribution in [0.1, 0.15) is 63.8 Å². The smallest absolute Gasteiger partial charge is 0.406 e. The normalized spacial score (nSPS) is 13.3. The van der Waals surface area contributed by atoms with Gasteiger partial charge in [0.25, 0.3) is 5.91 Å². The van der Waals surface area contributed by atoms with Crippen LogP contribution in [0.5, 0.6) is 5.75 Å². The van der Waals surface area contributed by atoms with Crippen molar-refractivity contribution in [3.05, 3.63) is 99.6 Å². The summed E-state index contributed by atoms with van der Waals surface area (Å²) in [6.07, 6.45) is -3.08. The summed E-state index contributed by atoms with van der Waals surface area (Å²) in [6.45, 7) is 9.84. The molecule has 0 bridgehead atoms. The molecule has 1 aliphatic heterocycles. The fraction of sp³-hybridized carbons (Fsp3) is 0.273. The van der Waals surface area contributed by atoms with Gasteiger partial charge in [-0.05, 0) is 104 Å². The number of nitrogens with zero attached hydrogens (tertiary/aromatic N) is 4. The minimum atomic E-state index is -4.83. The van der Waals surface area contributed by atoms with Gasteiger partial charge < -0.3 is 15.0 Å². The number of aromatic nitrogens is 2. The highest BCUT2D eigenvalue weighted by atomic mass is 32.1. The number of hydrogen-bond acceptors (Lipinski definition) is 5. The van der Waals surface area contributed by atoms with E-state index >= 15 is 4.39 Å². The van der Waals surface area contributed by atoms with Crippen LogP contribution >= 0.6 is 12.2 Å². The van der Waals surface area contributed by atoms with Crippen LogP contribution in [-0.2, 0) is 6.42 Å². The summed E-state index contributed by atoms with van der Waals surface area (Å²) in [5.74, 6) is -1.03. The lowest BCUT2D eigenvalue weighted by atomic mass is 9.98. The van der Waals surface area contributed by atoms with Gasteiger partial charge >= 0.3 is 6.36 Å². The Labute approximate surface area is 269 Å². The standard InChI is InChI=1S/C33H32F4N6O2S/c1-18(2)25-9-6-19(3)14-28(25)39-32(46)40-38-17-22-7-11-29(27(34)15-22)43-21(5)30(20(4)41-43)42-13-12-23-16-24(45-33(35,36)37)8-10-26(23)31(42)44/h6-11,14-18H,12-13H2,1-5H3,(H2,39,40,46)/b38-17+. The van der Waals surface area contributed by atoms with Crippen LogP contribution in [0.4, 0.5) is 28.9 Å². The van der Waals surface area contributed by atoms with Gasteiger partial charge in [0.1, 0.15) is 17.3 Å². The number of amides is 1. The molecule has 46 heavy (non-hydrogen) atoms. The average molecular weight is 653 g/mol. The van der Waals surface area contributed by atoms with Crippen LogP contribution in [0, 0.1) is 26.6 Å². The molecule has 1 aromatic heterocycles. The largest absolute Gasteiger partial charge is 0.573 e. The third kappa shape index (κ3) is 7.04. The SMILES string of the molecule is Cc1ccc(C(C)C)c(NC(=S)N/N=C/c2ccc(-n3nc(C)c(N4CCc5cc(OC(F)(F)F)ccc5C4=O)c3C)c(F)c2)c1. The fourth-order valence-corrected chi connectivity index (χ4v) is 5.67. The number of alkyl halides is 3. The fourth-order valence-electron chi connectivity index (χ4n) is 5.51. The van der Waals surface area contributed by atoms with Crippen molar-refractivity contribution in [2.24, 2.45) is 5.10 Å². The number of halogens is 4. The van der Waals surface area contributed by atoms with Crippen molar-refractivity contribution in [2.45, 2.75) is 53.3 Å². The lowest BCUT2D eigenvalue weighted by Crippen LogP contribution is -2.38. The van der Waals surface area contributed by atoms with Gasteiger partial charge in [-0.15, -0.1) is 13.2 Å². The molecule has 0 fully saturated rings. The van der Waals surface area contributed by atoms with Crippen LogP contribution in [0.3, 0.4) is 0 Å². The van der Waals surface area contributed by atoms with Crippen LogP contribution in [-0.4, -0.2) is 39.9 Å². The third-order valence-corrected chi connectivity index (χ3v) is 7.77. The number of carbonyl (C=O) groups excluding carboxylic acids is 1. The maximum atomic E-state index is 15.4. The molecule has 4 aromatic rings. The number of thiocarbonyl (C=S) groups is 1. The summed E-state index contributed by atoms with van der Waals surface area (Å²) in [4.78, 5) is 14.9. The van der Waals surface area contributed by atoms with Gasteiger partial charge in [-0.3, -0.25) is 10.2 Å². The zero-order valence-electron chi connectivity index (χ0n) is 25.8. The van der Waals surface area contributed by atoms with Crippen molar-refractivity contribution < 1.29 is 27.1 Å². The molecular formula is C33H32F4N6O2S. The predicted octanol–water partition coefficient (Wildman–Crippen LogP) is 7.48. The molecule has 8 nitrogen and oxygen atoms in total. The highest BCUT2D eigenvalue weighted by molar-refractivity contribution is 7.80. The summed E-state index contributed by atoms with van der Waals surface area (Å²) in [5.41, 5.74) is 8.78. The van der Waals surface area contributed by atoms with Gasteiger partial charge in [0, 0.05) is 17.8 Å². The van der Waals surface area contributed by atoms with E-state index in [-0.39, 0.29) is 29.5 Å². The van der Waals surface area contributed by atoms with Crippen LogP contribution in [0.25, 0.3) is 5.69 Å². The van der Waals surface area contributed by atoms with Crippen molar-refractivity contribution >= 4 is 40.8 Å². The molecule has 5 rings (SSSR count). The molecule has 0 aliphatic carbocycles. The number of hydrogen-bond donors (Lipinski definition) is 2. The quantitative estimate of drug-likeness (QED) is 0.0933. The maximum Gasteiger partial charge on any atom is 0.573 e. The van der Waals surface area contributed by atoms with Crippen molar-refractivity contribution in [1.29, 1.82) is 0 Å². The number of nitrogens with one attached hydrogen (secondary N) is 2. The number of benzene rings is 3. The molecule has 0 radical (unpaired) electrons. The number of anilines is 2. The van der Waals surface area contributed by atoms with Gasteiger partial charge in [-0.25, -0.2) is 9.07 Å². The second-order valence-corrected chi connectivity index (χ2v) is 11.7. The van der Waals surface area contributed by atoms with Crippen molar-refractivity contribution in [1.82, 2.24) is 15.2 Å². The van der Waals surface area contributed by atoms with Gasteiger partial charge in [-0.2, -0.15) is 10.2 Å². The summed E-state index contributed by atoms with van der Waals surface area (Å²) < 4.78 is 58.8. The summed E-state index contributed by atoms with van der Waals surface area (Å²) in [6, 6.07) is 14.3. The van der Waals surface area contributed by atoms with E-state index in [2.05, 4.69) is 45.6 Å². The van der Waals surface area contributed by atoms with E-state index in [1.54, 1.807) is 26.0 Å². The molecule has 240 valence electrons. The molecule has 0 unspecified atom stereocenters. The Morgan fingerprint density at radius 1 is 1.09 bits per heavy atom. The van der Waals surface area contributed by atoms with E-state index in [0.29, 0.717) is 45.7 Å². The van der Waals surface area contributed by atoms with E-state index < -0.39 is 12.2 Å². The number of aryl methyl sites for hydroxylation is 2. The summed E-state index contributed by atoms with van der Waals surface area (Å²) in [7, 11) is 0. The molecule has 1 amide bonds. The zero-order chi connectivity index (χ0) is 33.3. The highest BCUT2D eigenvalue weighted by Gasteiger charge is 2.33. The van der Waals surface area contributed by atoms with E-state index in [4.69, 9.17) is 12.2 Å². The van der Waals surface area contributed by atoms with Crippen molar-refractivity contribution in [3.63, 3.8) is 0 Å². The van der Waals surface area contributed by atoms with Crippen LogP contribution in [0.2, 0.25) is 0 Å². The molecule has 3 aromatic carbocycles. The Bertz CT molecular complexity index is 1850. The molecule has 2 heterocycles.